The van der Waals surface area contributed by atoms with Gasteiger partial charge >= 0.3 is 0 Å². The third-order valence-corrected chi connectivity index (χ3v) is 4.18. The van der Waals surface area contributed by atoms with Crippen LogP contribution in [-0.4, -0.2) is 25.5 Å². The summed E-state index contributed by atoms with van der Waals surface area (Å²) >= 11 is 0. The van der Waals surface area contributed by atoms with Crippen molar-refractivity contribution in [2.75, 3.05) is 24.5 Å². The normalized spacial score (nSPS) is 18.8. The number of hydrogen-bond donors (Lipinski definition) is 2. The summed E-state index contributed by atoms with van der Waals surface area (Å²) in [6, 6.07) is 6.60. The number of amides is 1. The van der Waals surface area contributed by atoms with E-state index in [1.54, 1.807) is 0 Å². The third kappa shape index (κ3) is 4.21. The van der Waals surface area contributed by atoms with Gasteiger partial charge in [-0.1, -0.05) is 19.1 Å². The molecular weight excluding hydrogens is 262 g/mol. The molecule has 1 amide bonds. The van der Waals surface area contributed by atoms with E-state index in [1.807, 2.05) is 0 Å². The molecule has 2 rings (SSSR count). The second-order valence-corrected chi connectivity index (χ2v) is 5.99. The Labute approximate surface area is 127 Å². The van der Waals surface area contributed by atoms with Gasteiger partial charge in [0, 0.05) is 25.3 Å². The van der Waals surface area contributed by atoms with Gasteiger partial charge in [-0.05, 0) is 49.9 Å². The molecule has 21 heavy (non-hydrogen) atoms. The van der Waals surface area contributed by atoms with Crippen LogP contribution < -0.4 is 16.0 Å². The third-order valence-electron chi connectivity index (χ3n) is 4.18. The summed E-state index contributed by atoms with van der Waals surface area (Å²) in [7, 11) is 0. The molecule has 0 bridgehead atoms. The topological polar surface area (TPSA) is 58.4 Å². The number of primary amides is 1. The summed E-state index contributed by atoms with van der Waals surface area (Å²) in [6.45, 7) is 8.05. The van der Waals surface area contributed by atoms with Crippen LogP contribution in [0.15, 0.2) is 18.2 Å². The highest BCUT2D eigenvalue weighted by Gasteiger charge is 2.24. The quantitative estimate of drug-likeness (QED) is 0.789. The fourth-order valence-corrected chi connectivity index (χ4v) is 3.02. The van der Waals surface area contributed by atoms with E-state index in [9.17, 15) is 4.79 Å². The number of anilines is 1. The van der Waals surface area contributed by atoms with Crippen molar-refractivity contribution in [1.82, 2.24) is 5.32 Å². The Morgan fingerprint density at radius 3 is 2.95 bits per heavy atom. The second-order valence-electron chi connectivity index (χ2n) is 5.99. The number of nitrogens with zero attached hydrogens (tertiary/aromatic N) is 1. The largest absolute Gasteiger partial charge is 0.371 e. The van der Waals surface area contributed by atoms with E-state index in [2.05, 4.69) is 42.3 Å². The summed E-state index contributed by atoms with van der Waals surface area (Å²) in [6.07, 6.45) is 3.11. The lowest BCUT2D eigenvalue weighted by Gasteiger charge is -2.34. The van der Waals surface area contributed by atoms with Crippen molar-refractivity contribution in [3.63, 3.8) is 0 Å². The van der Waals surface area contributed by atoms with E-state index in [-0.39, 0.29) is 11.8 Å². The van der Waals surface area contributed by atoms with Crippen LogP contribution >= 0.6 is 0 Å². The van der Waals surface area contributed by atoms with Crippen molar-refractivity contribution in [3.8, 4) is 0 Å². The molecule has 1 unspecified atom stereocenters. The average molecular weight is 289 g/mol. The van der Waals surface area contributed by atoms with Crippen LogP contribution in [0.3, 0.4) is 0 Å². The lowest BCUT2D eigenvalue weighted by Crippen LogP contribution is -2.41. The Balaban J connectivity index is 2.04. The molecule has 1 aromatic carbocycles. The Kier molecular flexibility index (Phi) is 5.62. The highest BCUT2D eigenvalue weighted by Crippen LogP contribution is 2.26. The van der Waals surface area contributed by atoms with E-state index < -0.39 is 0 Å². The van der Waals surface area contributed by atoms with Gasteiger partial charge in [-0.2, -0.15) is 0 Å². The Hall–Kier alpha value is -1.55. The molecule has 0 aromatic heterocycles. The van der Waals surface area contributed by atoms with E-state index >= 15 is 0 Å². The molecule has 1 aromatic rings. The zero-order valence-corrected chi connectivity index (χ0v) is 13.2. The number of piperidine rings is 1. The molecule has 116 valence electrons. The highest BCUT2D eigenvalue weighted by molar-refractivity contribution is 5.77. The smallest absolute Gasteiger partial charge is 0.222 e. The van der Waals surface area contributed by atoms with Crippen LogP contribution in [0.5, 0.6) is 0 Å². The van der Waals surface area contributed by atoms with Crippen LogP contribution in [0.1, 0.15) is 37.3 Å². The van der Waals surface area contributed by atoms with E-state index in [1.165, 1.54) is 16.8 Å². The molecule has 1 aliphatic heterocycles. The molecule has 0 spiro atoms. The number of carbonyl (C=O) groups is 1. The van der Waals surface area contributed by atoms with E-state index in [0.717, 1.165) is 45.4 Å². The molecule has 0 aliphatic carbocycles. The number of nitrogens with two attached hydrogens (primary N) is 1. The lowest BCUT2D eigenvalue weighted by atomic mass is 9.96. The van der Waals surface area contributed by atoms with Gasteiger partial charge < -0.3 is 16.0 Å². The molecule has 0 radical (unpaired) electrons. The Morgan fingerprint density at radius 1 is 1.48 bits per heavy atom. The molecule has 0 saturated carbocycles. The molecule has 3 N–H and O–H groups in total. The second kappa shape index (κ2) is 7.46. The maximum absolute atomic E-state index is 11.4. The van der Waals surface area contributed by atoms with Crippen LogP contribution in [0.2, 0.25) is 0 Å². The SMILES string of the molecule is CCCNCc1ccc(N2CCCC(C(N)=O)C2)c(C)c1. The molecule has 1 saturated heterocycles. The summed E-state index contributed by atoms with van der Waals surface area (Å²) in [5.74, 6) is -0.179. The van der Waals surface area contributed by atoms with Gasteiger partial charge in [-0.3, -0.25) is 4.79 Å². The van der Waals surface area contributed by atoms with Crippen LogP contribution in [-0.2, 0) is 11.3 Å². The van der Waals surface area contributed by atoms with Crippen LogP contribution in [0, 0.1) is 12.8 Å². The van der Waals surface area contributed by atoms with Gasteiger partial charge in [0.05, 0.1) is 5.92 Å². The van der Waals surface area contributed by atoms with Gasteiger partial charge in [0.15, 0.2) is 0 Å². The standard InChI is InChI=1S/C17H27N3O/c1-3-8-19-11-14-6-7-16(13(2)10-14)20-9-4-5-15(12-20)17(18)21/h6-7,10,15,19H,3-5,8-9,11-12H2,1-2H3,(H2,18,21). The maximum Gasteiger partial charge on any atom is 0.222 e. The van der Waals surface area contributed by atoms with Crippen molar-refractivity contribution < 1.29 is 4.79 Å². The predicted molar refractivity (Wildman–Crippen MR) is 87.3 cm³/mol. The average Bonchev–Trinajstić information content (AvgIpc) is 2.48. The Bertz CT molecular complexity index is 487. The summed E-state index contributed by atoms with van der Waals surface area (Å²) in [4.78, 5) is 13.7. The van der Waals surface area contributed by atoms with Crippen molar-refractivity contribution in [2.45, 2.75) is 39.7 Å². The fourth-order valence-electron chi connectivity index (χ4n) is 3.02. The number of nitrogens with one attached hydrogen (secondary N) is 1. The maximum atomic E-state index is 11.4. The van der Waals surface area contributed by atoms with Gasteiger partial charge in [0.2, 0.25) is 5.91 Å². The first kappa shape index (κ1) is 15.8. The highest BCUT2D eigenvalue weighted by atomic mass is 16.1. The Morgan fingerprint density at radius 2 is 2.29 bits per heavy atom. The van der Waals surface area contributed by atoms with Gasteiger partial charge in [0.25, 0.3) is 0 Å². The number of hydrogen-bond acceptors (Lipinski definition) is 3. The van der Waals surface area contributed by atoms with Crippen LogP contribution in [0.25, 0.3) is 0 Å². The van der Waals surface area contributed by atoms with Gasteiger partial charge in [-0.15, -0.1) is 0 Å². The number of carbonyl (C=O) groups excluding carboxylic acids is 1. The molecule has 1 heterocycles. The lowest BCUT2D eigenvalue weighted by molar-refractivity contribution is -0.122. The van der Waals surface area contributed by atoms with Gasteiger partial charge in [-0.25, -0.2) is 0 Å². The number of benzene rings is 1. The van der Waals surface area contributed by atoms with Crippen LogP contribution in [0.4, 0.5) is 5.69 Å². The first-order chi connectivity index (χ1) is 10.1. The van der Waals surface area contributed by atoms with Crippen molar-refractivity contribution in [3.05, 3.63) is 29.3 Å². The molecule has 1 atom stereocenters. The summed E-state index contributed by atoms with van der Waals surface area (Å²) in [5, 5.41) is 3.42. The number of rotatable bonds is 6. The number of aryl methyl sites for hydroxylation is 1. The first-order valence-electron chi connectivity index (χ1n) is 7.96. The van der Waals surface area contributed by atoms with Gasteiger partial charge in [0.1, 0.15) is 0 Å². The van der Waals surface area contributed by atoms with E-state index in [4.69, 9.17) is 5.73 Å². The predicted octanol–water partition coefficient (Wildman–Crippen LogP) is 2.20. The molecular formula is C17H27N3O. The zero-order chi connectivity index (χ0) is 15.2. The molecule has 1 aliphatic rings. The van der Waals surface area contributed by atoms with Crippen molar-refractivity contribution >= 4 is 11.6 Å². The minimum atomic E-state index is -0.169. The molecule has 4 heteroatoms. The summed E-state index contributed by atoms with van der Waals surface area (Å²) in [5.41, 5.74) is 9.29. The van der Waals surface area contributed by atoms with Crippen molar-refractivity contribution in [1.29, 1.82) is 0 Å². The fraction of sp³-hybridized carbons (Fsp3) is 0.588. The minimum Gasteiger partial charge on any atom is -0.371 e. The molecule has 4 nitrogen and oxygen atoms in total. The summed E-state index contributed by atoms with van der Waals surface area (Å²) < 4.78 is 0. The van der Waals surface area contributed by atoms with E-state index in [0.29, 0.717) is 0 Å². The monoisotopic (exact) mass is 289 g/mol. The minimum absolute atomic E-state index is 0.0101. The molecule has 1 fully saturated rings. The first-order valence-corrected chi connectivity index (χ1v) is 7.96. The zero-order valence-electron chi connectivity index (χ0n) is 13.2. The van der Waals surface area contributed by atoms with Crippen molar-refractivity contribution in [2.24, 2.45) is 11.7 Å².